The fourth-order valence-electron chi connectivity index (χ4n) is 1.46. The fraction of sp³-hybridized carbons (Fsp3) is 0.167. The maximum absolute atomic E-state index is 8.83. The molecule has 4 heteroatoms. The monoisotopic (exact) mass is 231 g/mol. The van der Waals surface area contributed by atoms with E-state index in [0.717, 1.165) is 16.9 Å². The zero-order valence-electron chi connectivity index (χ0n) is 9.03. The topological polar surface area (TPSA) is 41.6 Å². The molecule has 0 aliphatic carbocycles. The highest BCUT2D eigenvalue weighted by molar-refractivity contribution is 6.30. The number of benzene rings is 1. The predicted octanol–water partition coefficient (Wildman–Crippen LogP) is 3.01. The summed E-state index contributed by atoms with van der Waals surface area (Å²) in [4.78, 5) is 0. The molecule has 0 aliphatic rings. The Kier molecular flexibility index (Phi) is 2.67. The van der Waals surface area contributed by atoms with Crippen LogP contribution in [-0.2, 0) is 0 Å². The van der Waals surface area contributed by atoms with Gasteiger partial charge in [0.2, 0.25) is 0 Å². The van der Waals surface area contributed by atoms with Gasteiger partial charge in [0.15, 0.2) is 0 Å². The Bertz CT molecular complexity index is 578. The number of nitriles is 1. The molecular formula is C12H10ClN3. The van der Waals surface area contributed by atoms with E-state index in [2.05, 4.69) is 11.2 Å². The van der Waals surface area contributed by atoms with Crippen molar-refractivity contribution in [3.8, 4) is 11.8 Å². The van der Waals surface area contributed by atoms with Gasteiger partial charge in [0.25, 0.3) is 0 Å². The van der Waals surface area contributed by atoms with E-state index in [1.807, 2.05) is 26.0 Å². The number of aryl methyl sites for hydroxylation is 1. The highest BCUT2D eigenvalue weighted by Crippen LogP contribution is 2.22. The SMILES string of the molecule is Cc1nn(-c2cccc(C#N)c2)c(Cl)c1C. The smallest absolute Gasteiger partial charge is 0.136 e. The van der Waals surface area contributed by atoms with Crippen LogP contribution in [0.2, 0.25) is 5.15 Å². The van der Waals surface area contributed by atoms with Crippen LogP contribution >= 0.6 is 11.6 Å². The van der Waals surface area contributed by atoms with E-state index in [0.29, 0.717) is 10.7 Å². The molecular weight excluding hydrogens is 222 g/mol. The molecule has 0 saturated carbocycles. The molecule has 3 nitrogen and oxygen atoms in total. The van der Waals surface area contributed by atoms with Gasteiger partial charge in [0.1, 0.15) is 5.15 Å². The molecule has 0 spiro atoms. The lowest BCUT2D eigenvalue weighted by Gasteiger charge is -2.02. The molecule has 1 heterocycles. The molecule has 2 aromatic rings. The molecule has 0 unspecified atom stereocenters. The average molecular weight is 232 g/mol. The molecule has 0 atom stereocenters. The first-order chi connectivity index (χ1) is 7.63. The van der Waals surface area contributed by atoms with Crippen molar-refractivity contribution < 1.29 is 0 Å². The molecule has 16 heavy (non-hydrogen) atoms. The van der Waals surface area contributed by atoms with Crippen molar-refractivity contribution in [3.63, 3.8) is 0 Å². The molecule has 0 bridgehead atoms. The Morgan fingerprint density at radius 1 is 1.38 bits per heavy atom. The van der Waals surface area contributed by atoms with Gasteiger partial charge in [0.05, 0.1) is 23.0 Å². The van der Waals surface area contributed by atoms with Crippen molar-refractivity contribution in [2.45, 2.75) is 13.8 Å². The third-order valence-electron chi connectivity index (χ3n) is 2.51. The van der Waals surface area contributed by atoms with Gasteiger partial charge in [-0.2, -0.15) is 10.4 Å². The van der Waals surface area contributed by atoms with Crippen molar-refractivity contribution in [3.05, 3.63) is 46.2 Å². The molecule has 0 fully saturated rings. The van der Waals surface area contributed by atoms with Crippen molar-refractivity contribution in [2.75, 3.05) is 0 Å². The van der Waals surface area contributed by atoms with Crippen LogP contribution in [0.4, 0.5) is 0 Å². The van der Waals surface area contributed by atoms with E-state index in [1.165, 1.54) is 0 Å². The Morgan fingerprint density at radius 3 is 2.69 bits per heavy atom. The van der Waals surface area contributed by atoms with Gasteiger partial charge in [-0.1, -0.05) is 17.7 Å². The maximum atomic E-state index is 8.83. The van der Waals surface area contributed by atoms with Crippen LogP contribution in [0.15, 0.2) is 24.3 Å². The molecule has 0 saturated heterocycles. The van der Waals surface area contributed by atoms with Crippen molar-refractivity contribution in [1.29, 1.82) is 5.26 Å². The van der Waals surface area contributed by atoms with Crippen LogP contribution in [0.3, 0.4) is 0 Å². The highest BCUT2D eigenvalue weighted by Gasteiger charge is 2.10. The number of aromatic nitrogens is 2. The zero-order chi connectivity index (χ0) is 11.7. The van der Waals surface area contributed by atoms with Gasteiger partial charge >= 0.3 is 0 Å². The second kappa shape index (κ2) is 3.99. The third-order valence-corrected chi connectivity index (χ3v) is 2.95. The fourth-order valence-corrected chi connectivity index (χ4v) is 1.73. The van der Waals surface area contributed by atoms with E-state index in [-0.39, 0.29) is 0 Å². The van der Waals surface area contributed by atoms with Gasteiger partial charge in [0, 0.05) is 5.56 Å². The Balaban J connectivity index is 2.59. The normalized spacial score (nSPS) is 10.1. The Hall–Kier alpha value is -1.79. The van der Waals surface area contributed by atoms with Crippen molar-refractivity contribution in [2.24, 2.45) is 0 Å². The standard InChI is InChI=1S/C12H10ClN3/c1-8-9(2)15-16(12(8)13)11-5-3-4-10(6-11)7-14/h3-6H,1-2H3. The molecule has 0 N–H and O–H groups in total. The molecule has 0 radical (unpaired) electrons. The second-order valence-electron chi connectivity index (χ2n) is 3.58. The second-order valence-corrected chi connectivity index (χ2v) is 3.93. The van der Waals surface area contributed by atoms with Crippen LogP contribution in [0.1, 0.15) is 16.8 Å². The van der Waals surface area contributed by atoms with E-state index in [1.54, 1.807) is 16.8 Å². The molecule has 0 amide bonds. The van der Waals surface area contributed by atoms with Crippen LogP contribution in [0.25, 0.3) is 5.69 Å². The summed E-state index contributed by atoms with van der Waals surface area (Å²) in [6.45, 7) is 3.83. The van der Waals surface area contributed by atoms with Crippen molar-refractivity contribution in [1.82, 2.24) is 9.78 Å². The van der Waals surface area contributed by atoms with Gasteiger partial charge in [-0.3, -0.25) is 0 Å². The molecule has 1 aromatic carbocycles. The largest absolute Gasteiger partial charge is 0.222 e. The summed E-state index contributed by atoms with van der Waals surface area (Å²) >= 11 is 6.16. The van der Waals surface area contributed by atoms with Crippen LogP contribution in [0.5, 0.6) is 0 Å². The van der Waals surface area contributed by atoms with Crippen LogP contribution in [-0.4, -0.2) is 9.78 Å². The summed E-state index contributed by atoms with van der Waals surface area (Å²) in [6.07, 6.45) is 0. The Labute approximate surface area is 98.9 Å². The lowest BCUT2D eigenvalue weighted by molar-refractivity contribution is 0.863. The first-order valence-corrected chi connectivity index (χ1v) is 5.23. The lowest BCUT2D eigenvalue weighted by Crippen LogP contribution is -1.97. The minimum Gasteiger partial charge on any atom is -0.222 e. The van der Waals surface area contributed by atoms with Gasteiger partial charge < -0.3 is 0 Å². The molecule has 2 rings (SSSR count). The lowest BCUT2D eigenvalue weighted by atomic mass is 10.2. The predicted molar refractivity (Wildman–Crippen MR) is 62.8 cm³/mol. The Morgan fingerprint density at radius 2 is 2.12 bits per heavy atom. The summed E-state index contributed by atoms with van der Waals surface area (Å²) in [6, 6.07) is 9.30. The number of rotatable bonds is 1. The summed E-state index contributed by atoms with van der Waals surface area (Å²) in [5.41, 5.74) is 3.26. The van der Waals surface area contributed by atoms with Crippen LogP contribution in [0, 0.1) is 25.2 Å². The number of hydrogen-bond donors (Lipinski definition) is 0. The van der Waals surface area contributed by atoms with E-state index in [4.69, 9.17) is 16.9 Å². The van der Waals surface area contributed by atoms with E-state index < -0.39 is 0 Å². The van der Waals surface area contributed by atoms with Gasteiger partial charge in [-0.25, -0.2) is 4.68 Å². The first-order valence-electron chi connectivity index (χ1n) is 4.85. The number of halogens is 1. The van der Waals surface area contributed by atoms with Crippen molar-refractivity contribution >= 4 is 11.6 Å². The maximum Gasteiger partial charge on any atom is 0.136 e. The van der Waals surface area contributed by atoms with Crippen LogP contribution < -0.4 is 0 Å². The minimum absolute atomic E-state index is 0.590. The molecule has 0 aliphatic heterocycles. The molecule has 80 valence electrons. The summed E-state index contributed by atoms with van der Waals surface area (Å²) < 4.78 is 1.65. The summed E-state index contributed by atoms with van der Waals surface area (Å²) in [7, 11) is 0. The van der Waals surface area contributed by atoms with E-state index in [9.17, 15) is 0 Å². The summed E-state index contributed by atoms with van der Waals surface area (Å²) in [5, 5.41) is 13.7. The molecule has 1 aromatic heterocycles. The zero-order valence-corrected chi connectivity index (χ0v) is 9.78. The first kappa shape index (κ1) is 10.7. The minimum atomic E-state index is 0.590. The van der Waals surface area contributed by atoms with E-state index >= 15 is 0 Å². The van der Waals surface area contributed by atoms with Gasteiger partial charge in [-0.15, -0.1) is 0 Å². The van der Waals surface area contributed by atoms with Gasteiger partial charge in [-0.05, 0) is 32.0 Å². The highest BCUT2D eigenvalue weighted by atomic mass is 35.5. The third kappa shape index (κ3) is 1.68. The average Bonchev–Trinajstić information content (AvgIpc) is 2.57. The number of nitrogens with zero attached hydrogens (tertiary/aromatic N) is 3. The summed E-state index contributed by atoms with van der Waals surface area (Å²) in [5.74, 6) is 0. The number of hydrogen-bond acceptors (Lipinski definition) is 2. The quantitative estimate of drug-likeness (QED) is 0.757.